The molecule has 6 rings (SSSR count). The van der Waals surface area contributed by atoms with Gasteiger partial charge in [-0.3, -0.25) is 9.97 Å². The van der Waals surface area contributed by atoms with Gasteiger partial charge < -0.3 is 14.4 Å². The number of hydrogen-bond acceptors (Lipinski definition) is 4. The van der Waals surface area contributed by atoms with Crippen molar-refractivity contribution in [1.29, 1.82) is 0 Å². The van der Waals surface area contributed by atoms with Crippen LogP contribution in [0.5, 0.6) is 0 Å². The predicted octanol–water partition coefficient (Wildman–Crippen LogP) is 6.00. The molecular formula is C25H17Cl2N5O2. The zero-order valence-electron chi connectivity index (χ0n) is 17.7. The Hall–Kier alpha value is -3.68. The van der Waals surface area contributed by atoms with Crippen LogP contribution in [0.4, 0.5) is 4.79 Å². The van der Waals surface area contributed by atoms with E-state index < -0.39 is 6.09 Å². The van der Waals surface area contributed by atoms with Gasteiger partial charge in [0.05, 0.1) is 21.3 Å². The van der Waals surface area contributed by atoms with Gasteiger partial charge in [-0.25, -0.2) is 9.78 Å². The van der Waals surface area contributed by atoms with Crippen LogP contribution in [-0.4, -0.2) is 48.5 Å². The summed E-state index contributed by atoms with van der Waals surface area (Å²) in [6.07, 6.45) is 6.56. The molecule has 7 nitrogen and oxygen atoms in total. The van der Waals surface area contributed by atoms with Gasteiger partial charge in [-0.1, -0.05) is 35.3 Å². The molecule has 0 atom stereocenters. The Morgan fingerprint density at radius 1 is 1.00 bits per heavy atom. The molecule has 0 unspecified atom stereocenters. The number of likely N-dealkylation sites (tertiary alicyclic amines) is 1. The van der Waals surface area contributed by atoms with Crippen LogP contribution < -0.4 is 0 Å². The van der Waals surface area contributed by atoms with Gasteiger partial charge in [0.25, 0.3) is 0 Å². The second-order valence-electron chi connectivity index (χ2n) is 8.28. The summed E-state index contributed by atoms with van der Waals surface area (Å²) in [4.78, 5) is 26.4. The van der Waals surface area contributed by atoms with E-state index in [0.29, 0.717) is 34.4 Å². The molecule has 5 heterocycles. The van der Waals surface area contributed by atoms with E-state index in [9.17, 15) is 4.79 Å². The van der Waals surface area contributed by atoms with Crippen LogP contribution in [0.3, 0.4) is 0 Å². The highest BCUT2D eigenvalue weighted by molar-refractivity contribution is 6.39. The van der Waals surface area contributed by atoms with Gasteiger partial charge in [0.2, 0.25) is 0 Å². The van der Waals surface area contributed by atoms with Crippen molar-refractivity contribution in [2.45, 2.75) is 5.92 Å². The largest absolute Gasteiger partial charge is 0.465 e. The smallest absolute Gasteiger partial charge is 0.407 e. The average Bonchev–Trinajstić information content (AvgIpc) is 3.22. The third-order valence-electron chi connectivity index (χ3n) is 6.19. The first kappa shape index (κ1) is 20.9. The lowest BCUT2D eigenvalue weighted by atomic mass is 9.95. The number of fused-ring (bicyclic) bond motifs is 3. The molecular weight excluding hydrogens is 473 g/mol. The maximum atomic E-state index is 11.0. The number of nitrogens with zero attached hydrogens (tertiary/aromatic N) is 5. The van der Waals surface area contributed by atoms with E-state index in [1.807, 2.05) is 53.5 Å². The lowest BCUT2D eigenvalue weighted by Crippen LogP contribution is -2.48. The number of carboxylic acid groups (broad SMARTS) is 1. The van der Waals surface area contributed by atoms with E-state index in [4.69, 9.17) is 33.3 Å². The number of benzene rings is 1. The summed E-state index contributed by atoms with van der Waals surface area (Å²) in [5.74, 6) is 0.138. The van der Waals surface area contributed by atoms with Gasteiger partial charge >= 0.3 is 6.09 Å². The summed E-state index contributed by atoms with van der Waals surface area (Å²) in [7, 11) is 0. The normalized spacial score (nSPS) is 14.0. The number of pyridine rings is 3. The summed E-state index contributed by atoms with van der Waals surface area (Å²) >= 11 is 12.8. The van der Waals surface area contributed by atoms with E-state index in [1.165, 1.54) is 4.90 Å². The maximum Gasteiger partial charge on any atom is 0.407 e. The van der Waals surface area contributed by atoms with Crippen molar-refractivity contribution in [2.24, 2.45) is 0 Å². The molecule has 1 aliphatic heterocycles. The molecule has 1 fully saturated rings. The summed E-state index contributed by atoms with van der Waals surface area (Å²) < 4.78 is 1.94. The standard InChI is InChI=1S/C25H17Cl2N5O2/c26-18-2-1-3-19(27)23(18)22-13-31-7-6-21-17(24(31)30-22)8-15(10-29-21)14-4-5-20(28-9-14)16-11-32(12-16)25(33)34/h1-10,13,16H,11-12H2,(H,33,34). The van der Waals surface area contributed by atoms with Crippen LogP contribution in [0.1, 0.15) is 11.6 Å². The highest BCUT2D eigenvalue weighted by atomic mass is 35.5. The second-order valence-corrected chi connectivity index (χ2v) is 9.10. The lowest BCUT2D eigenvalue weighted by molar-refractivity contribution is 0.104. The second kappa shape index (κ2) is 7.97. The van der Waals surface area contributed by atoms with Gasteiger partial charge in [0.15, 0.2) is 0 Å². The van der Waals surface area contributed by atoms with Crippen LogP contribution in [0.15, 0.2) is 67.3 Å². The van der Waals surface area contributed by atoms with Gasteiger partial charge in [0, 0.05) is 71.6 Å². The maximum absolute atomic E-state index is 11.0. The molecule has 34 heavy (non-hydrogen) atoms. The fourth-order valence-electron chi connectivity index (χ4n) is 4.30. The number of halogens is 2. The van der Waals surface area contributed by atoms with E-state index in [2.05, 4.69) is 16.0 Å². The van der Waals surface area contributed by atoms with Crippen LogP contribution >= 0.6 is 23.2 Å². The van der Waals surface area contributed by atoms with Crippen molar-refractivity contribution in [1.82, 2.24) is 24.3 Å². The van der Waals surface area contributed by atoms with E-state index in [1.54, 1.807) is 12.1 Å². The Morgan fingerprint density at radius 2 is 1.76 bits per heavy atom. The number of hydrogen-bond donors (Lipinski definition) is 1. The SMILES string of the molecule is O=C(O)N1CC(c2ccc(-c3cnc4ccn5cc(-c6c(Cl)cccc6Cl)nc5c4c3)cn2)C1. The van der Waals surface area contributed by atoms with Crippen molar-refractivity contribution in [3.63, 3.8) is 0 Å². The highest BCUT2D eigenvalue weighted by Gasteiger charge is 2.32. The van der Waals surface area contributed by atoms with Crippen LogP contribution in [-0.2, 0) is 0 Å². The van der Waals surface area contributed by atoms with Crippen LogP contribution in [0.25, 0.3) is 38.9 Å². The van der Waals surface area contributed by atoms with Crippen molar-refractivity contribution in [3.8, 4) is 22.4 Å². The first-order valence-corrected chi connectivity index (χ1v) is 11.4. The zero-order valence-corrected chi connectivity index (χ0v) is 19.2. The first-order chi connectivity index (χ1) is 16.5. The summed E-state index contributed by atoms with van der Waals surface area (Å²) in [6.45, 7) is 0.962. The highest BCUT2D eigenvalue weighted by Crippen LogP contribution is 2.35. The Morgan fingerprint density at radius 3 is 2.47 bits per heavy atom. The minimum Gasteiger partial charge on any atom is -0.465 e. The molecule has 1 saturated heterocycles. The first-order valence-electron chi connectivity index (χ1n) is 10.6. The predicted molar refractivity (Wildman–Crippen MR) is 132 cm³/mol. The number of aromatic nitrogens is 4. The molecule has 1 N–H and O–H groups in total. The van der Waals surface area contributed by atoms with Gasteiger partial charge in [-0.15, -0.1) is 0 Å². The van der Waals surface area contributed by atoms with Gasteiger partial charge in [-0.2, -0.15) is 0 Å². The monoisotopic (exact) mass is 489 g/mol. The quantitative estimate of drug-likeness (QED) is 0.336. The van der Waals surface area contributed by atoms with Gasteiger partial charge in [-0.05, 0) is 30.3 Å². The minimum atomic E-state index is -0.889. The molecule has 4 aromatic heterocycles. The Bertz CT molecular complexity index is 1560. The van der Waals surface area contributed by atoms with Crippen LogP contribution in [0.2, 0.25) is 10.0 Å². The molecule has 168 valence electrons. The van der Waals surface area contributed by atoms with Crippen LogP contribution in [0, 0.1) is 0 Å². The number of amides is 1. The average molecular weight is 490 g/mol. The number of rotatable bonds is 3. The van der Waals surface area contributed by atoms with E-state index in [-0.39, 0.29) is 5.92 Å². The third kappa shape index (κ3) is 3.45. The molecule has 0 spiro atoms. The summed E-state index contributed by atoms with van der Waals surface area (Å²) in [6, 6.07) is 13.3. The molecule has 1 aromatic carbocycles. The molecule has 5 aromatic rings. The molecule has 1 aliphatic rings. The molecule has 0 radical (unpaired) electrons. The molecule has 0 aliphatic carbocycles. The van der Waals surface area contributed by atoms with E-state index >= 15 is 0 Å². The topological polar surface area (TPSA) is 83.6 Å². The molecule has 0 saturated carbocycles. The van der Waals surface area contributed by atoms with Crippen molar-refractivity contribution >= 4 is 45.8 Å². The summed E-state index contributed by atoms with van der Waals surface area (Å²) in [5.41, 5.74) is 5.71. The van der Waals surface area contributed by atoms with Crippen molar-refractivity contribution in [3.05, 3.63) is 83.0 Å². The Kier molecular flexibility index (Phi) is 4.90. The molecule has 9 heteroatoms. The van der Waals surface area contributed by atoms with Gasteiger partial charge in [0.1, 0.15) is 5.65 Å². The Balaban J connectivity index is 1.37. The third-order valence-corrected chi connectivity index (χ3v) is 6.82. The molecule has 0 bridgehead atoms. The minimum absolute atomic E-state index is 0.138. The van der Waals surface area contributed by atoms with E-state index in [0.717, 1.165) is 33.4 Å². The number of imidazole rings is 1. The summed E-state index contributed by atoms with van der Waals surface area (Å²) in [5, 5.41) is 11.0. The van der Waals surface area contributed by atoms with Crippen molar-refractivity contribution < 1.29 is 9.90 Å². The fraction of sp³-hybridized carbons (Fsp3) is 0.120. The Labute approximate surface area is 204 Å². The lowest BCUT2D eigenvalue weighted by Gasteiger charge is -2.36. The van der Waals surface area contributed by atoms with Crippen molar-refractivity contribution in [2.75, 3.05) is 13.1 Å². The fourth-order valence-corrected chi connectivity index (χ4v) is 4.90. The number of carbonyl (C=O) groups is 1. The molecule has 1 amide bonds. The zero-order chi connectivity index (χ0) is 23.4.